The van der Waals surface area contributed by atoms with E-state index >= 15 is 0 Å². The highest BCUT2D eigenvalue weighted by molar-refractivity contribution is 5.94. The molecule has 0 aliphatic heterocycles. The number of aldehydes is 1. The van der Waals surface area contributed by atoms with Crippen LogP contribution in [0.3, 0.4) is 0 Å². The predicted molar refractivity (Wildman–Crippen MR) is 57.3 cm³/mol. The van der Waals surface area contributed by atoms with Crippen LogP contribution in [-0.2, 0) is 14.3 Å². The first-order valence-electron chi connectivity index (χ1n) is 5.06. The molecule has 0 aromatic rings. The Labute approximate surface area is 89.8 Å². The maximum Gasteiger partial charge on any atom is 0.334 e. The van der Waals surface area contributed by atoms with Crippen molar-refractivity contribution in [2.75, 3.05) is 7.11 Å². The Bertz CT molecular complexity index is 315. The standard InChI is InChI=1S/C12H16O3/c1-12(7-4-3-5-8-12)10(6-9-13)11(14)15-2/h4,6-7,9H,3,5,8H2,1-2H3/b10-6-. The number of carbonyl (C=O) groups excluding carboxylic acids is 2. The van der Waals surface area contributed by atoms with Gasteiger partial charge in [0.25, 0.3) is 0 Å². The number of allylic oxidation sites excluding steroid dienone is 3. The van der Waals surface area contributed by atoms with Crippen LogP contribution < -0.4 is 0 Å². The van der Waals surface area contributed by atoms with Gasteiger partial charge in [-0.15, -0.1) is 0 Å². The van der Waals surface area contributed by atoms with Crippen molar-refractivity contribution in [3.8, 4) is 0 Å². The molecule has 1 unspecified atom stereocenters. The molecule has 1 atom stereocenters. The molecule has 3 heteroatoms. The summed E-state index contributed by atoms with van der Waals surface area (Å²) < 4.78 is 4.68. The van der Waals surface area contributed by atoms with Crippen LogP contribution in [0.5, 0.6) is 0 Å². The highest BCUT2D eigenvalue weighted by Crippen LogP contribution is 2.37. The average molecular weight is 208 g/mol. The monoisotopic (exact) mass is 208 g/mol. The number of esters is 1. The van der Waals surface area contributed by atoms with Gasteiger partial charge in [-0.2, -0.15) is 0 Å². The smallest absolute Gasteiger partial charge is 0.334 e. The molecule has 0 amide bonds. The zero-order valence-corrected chi connectivity index (χ0v) is 9.16. The van der Waals surface area contributed by atoms with Gasteiger partial charge in [-0.05, 0) is 25.3 Å². The molecule has 1 aliphatic rings. The van der Waals surface area contributed by atoms with Crippen molar-refractivity contribution < 1.29 is 14.3 Å². The maximum atomic E-state index is 11.5. The Morgan fingerprint density at radius 1 is 1.53 bits per heavy atom. The summed E-state index contributed by atoms with van der Waals surface area (Å²) in [7, 11) is 1.33. The van der Waals surface area contributed by atoms with Gasteiger partial charge in [0.15, 0.2) is 0 Å². The Morgan fingerprint density at radius 2 is 2.27 bits per heavy atom. The summed E-state index contributed by atoms with van der Waals surface area (Å²) in [5.41, 5.74) is 0.0858. The number of hydrogen-bond acceptors (Lipinski definition) is 3. The summed E-state index contributed by atoms with van der Waals surface area (Å²) in [5.74, 6) is -0.420. The first kappa shape index (κ1) is 11.7. The van der Waals surface area contributed by atoms with Gasteiger partial charge in [0.2, 0.25) is 0 Å². The molecule has 0 bridgehead atoms. The number of rotatable bonds is 3. The lowest BCUT2D eigenvalue weighted by atomic mass is 9.74. The summed E-state index contributed by atoms with van der Waals surface area (Å²) in [6, 6.07) is 0. The minimum atomic E-state index is -0.420. The molecule has 0 aromatic heterocycles. The van der Waals surface area contributed by atoms with Crippen LogP contribution in [0.4, 0.5) is 0 Å². The molecule has 1 aliphatic carbocycles. The molecule has 0 spiro atoms. The second-order valence-corrected chi connectivity index (χ2v) is 3.92. The lowest BCUT2D eigenvalue weighted by Crippen LogP contribution is -2.25. The largest absolute Gasteiger partial charge is 0.466 e. The average Bonchev–Trinajstić information content (AvgIpc) is 2.25. The zero-order valence-electron chi connectivity index (χ0n) is 9.16. The topological polar surface area (TPSA) is 43.4 Å². The van der Waals surface area contributed by atoms with Crippen LogP contribution in [0.1, 0.15) is 26.2 Å². The van der Waals surface area contributed by atoms with Crippen LogP contribution in [-0.4, -0.2) is 19.4 Å². The molecule has 0 heterocycles. The van der Waals surface area contributed by atoms with Crippen LogP contribution in [0.2, 0.25) is 0 Å². The van der Waals surface area contributed by atoms with Crippen molar-refractivity contribution in [2.24, 2.45) is 5.41 Å². The Kier molecular flexibility index (Phi) is 3.83. The number of methoxy groups -OCH3 is 1. The lowest BCUT2D eigenvalue weighted by Gasteiger charge is -2.29. The molecule has 0 saturated heterocycles. The van der Waals surface area contributed by atoms with Gasteiger partial charge in [0.05, 0.1) is 12.7 Å². The summed E-state index contributed by atoms with van der Waals surface area (Å²) >= 11 is 0. The lowest BCUT2D eigenvalue weighted by molar-refractivity contribution is -0.137. The van der Waals surface area contributed by atoms with Gasteiger partial charge in [-0.1, -0.05) is 19.1 Å². The van der Waals surface area contributed by atoms with Gasteiger partial charge >= 0.3 is 5.97 Å². The van der Waals surface area contributed by atoms with Crippen LogP contribution in [0.25, 0.3) is 0 Å². The number of ether oxygens (including phenoxy) is 1. The minimum absolute atomic E-state index is 0.355. The molecule has 3 nitrogen and oxygen atoms in total. The molecule has 0 saturated carbocycles. The molecule has 0 radical (unpaired) electrons. The highest BCUT2D eigenvalue weighted by atomic mass is 16.5. The van der Waals surface area contributed by atoms with Crippen LogP contribution in [0.15, 0.2) is 23.8 Å². The first-order valence-corrected chi connectivity index (χ1v) is 5.06. The summed E-state index contributed by atoms with van der Waals surface area (Å²) in [6.45, 7) is 1.95. The molecular weight excluding hydrogens is 192 g/mol. The quantitative estimate of drug-likeness (QED) is 0.308. The Morgan fingerprint density at radius 3 is 2.73 bits per heavy atom. The van der Waals surface area contributed by atoms with E-state index in [0.29, 0.717) is 11.9 Å². The third-order valence-electron chi connectivity index (χ3n) is 2.81. The SMILES string of the molecule is COC(=O)/C(=C/C=O)C1(C)C=CCCC1. The maximum absolute atomic E-state index is 11.5. The van der Waals surface area contributed by atoms with E-state index in [2.05, 4.69) is 4.74 Å². The number of carbonyl (C=O) groups is 2. The fourth-order valence-electron chi connectivity index (χ4n) is 1.91. The van der Waals surface area contributed by atoms with Crippen molar-refractivity contribution in [1.82, 2.24) is 0 Å². The van der Waals surface area contributed by atoms with E-state index < -0.39 is 5.97 Å². The normalized spacial score (nSPS) is 26.1. The van der Waals surface area contributed by atoms with Crippen molar-refractivity contribution in [1.29, 1.82) is 0 Å². The predicted octanol–water partition coefficient (Wildman–Crippen LogP) is 2.03. The van der Waals surface area contributed by atoms with E-state index in [1.807, 2.05) is 19.1 Å². The van der Waals surface area contributed by atoms with Crippen molar-refractivity contribution in [3.05, 3.63) is 23.8 Å². The van der Waals surface area contributed by atoms with Crippen molar-refractivity contribution >= 4 is 12.3 Å². The fraction of sp³-hybridized carbons (Fsp3) is 0.500. The van der Waals surface area contributed by atoms with Crippen molar-refractivity contribution in [3.63, 3.8) is 0 Å². The van der Waals surface area contributed by atoms with Gasteiger partial charge < -0.3 is 4.74 Å². The third kappa shape index (κ3) is 2.55. The van der Waals surface area contributed by atoms with Gasteiger partial charge in [-0.3, -0.25) is 4.79 Å². The summed E-state index contributed by atoms with van der Waals surface area (Å²) in [5, 5.41) is 0. The molecule has 15 heavy (non-hydrogen) atoms. The molecule has 0 N–H and O–H groups in total. The Hall–Kier alpha value is -1.38. The minimum Gasteiger partial charge on any atom is -0.466 e. The third-order valence-corrected chi connectivity index (χ3v) is 2.81. The van der Waals surface area contributed by atoms with Gasteiger partial charge in [0.1, 0.15) is 6.29 Å². The van der Waals surface area contributed by atoms with Crippen molar-refractivity contribution in [2.45, 2.75) is 26.2 Å². The summed E-state index contributed by atoms with van der Waals surface area (Å²) in [6.07, 6.45) is 8.92. The Balaban J connectivity index is 3.03. The fourth-order valence-corrected chi connectivity index (χ4v) is 1.91. The van der Waals surface area contributed by atoms with Gasteiger partial charge in [-0.25, -0.2) is 4.79 Å². The van der Waals surface area contributed by atoms with Crippen LogP contribution >= 0.6 is 0 Å². The summed E-state index contributed by atoms with van der Waals surface area (Å²) in [4.78, 5) is 22.0. The van der Waals surface area contributed by atoms with E-state index in [1.165, 1.54) is 13.2 Å². The second-order valence-electron chi connectivity index (χ2n) is 3.92. The van der Waals surface area contributed by atoms with Gasteiger partial charge in [0, 0.05) is 5.41 Å². The van der Waals surface area contributed by atoms with E-state index in [1.54, 1.807) is 0 Å². The molecule has 0 aromatic carbocycles. The highest BCUT2D eigenvalue weighted by Gasteiger charge is 2.32. The van der Waals surface area contributed by atoms with E-state index in [0.717, 1.165) is 19.3 Å². The van der Waals surface area contributed by atoms with Crippen LogP contribution in [0, 0.1) is 5.41 Å². The van der Waals surface area contributed by atoms with E-state index in [4.69, 9.17) is 0 Å². The van der Waals surface area contributed by atoms with E-state index in [9.17, 15) is 9.59 Å². The molecule has 1 rings (SSSR count). The number of hydrogen-bond donors (Lipinski definition) is 0. The molecule has 0 fully saturated rings. The second kappa shape index (κ2) is 4.91. The molecular formula is C12H16O3. The van der Waals surface area contributed by atoms with E-state index in [-0.39, 0.29) is 5.41 Å². The zero-order chi connectivity index (χ0) is 11.3. The first-order chi connectivity index (χ1) is 7.14. The molecule has 82 valence electrons.